The molecule has 126 valence electrons. The summed E-state index contributed by atoms with van der Waals surface area (Å²) in [5.74, 6) is -2.34. The van der Waals surface area contributed by atoms with Crippen LogP contribution in [0.15, 0.2) is 47.5 Å². The monoisotopic (exact) mass is 340 g/mol. The van der Waals surface area contributed by atoms with E-state index < -0.39 is 17.5 Å². The van der Waals surface area contributed by atoms with Gasteiger partial charge in [-0.25, -0.2) is 8.78 Å². The van der Waals surface area contributed by atoms with Crippen molar-refractivity contribution < 1.29 is 13.6 Å². The predicted octanol–water partition coefficient (Wildman–Crippen LogP) is 2.90. The Hall–Kier alpha value is -3.35. The van der Waals surface area contributed by atoms with Crippen LogP contribution in [-0.4, -0.2) is 16.9 Å². The zero-order chi connectivity index (χ0) is 18.1. The van der Waals surface area contributed by atoms with Crippen LogP contribution in [0.3, 0.4) is 0 Å². The van der Waals surface area contributed by atoms with E-state index in [2.05, 4.69) is 9.98 Å². The zero-order valence-electron chi connectivity index (χ0n) is 13.3. The van der Waals surface area contributed by atoms with E-state index in [9.17, 15) is 13.6 Å². The number of carbonyl (C=O) groups is 1. The number of pyridine rings is 1. The van der Waals surface area contributed by atoms with Gasteiger partial charge in [0.1, 0.15) is 11.6 Å². The second-order valence-electron chi connectivity index (χ2n) is 5.51. The SMILES string of the molecule is Cc1cc(-c2ccc(F)cc2F)c2cc(C(=O)N=C(N)N)ccc2n1. The fourth-order valence-electron chi connectivity index (χ4n) is 2.60. The fraction of sp³-hybridized carbons (Fsp3) is 0.0556. The van der Waals surface area contributed by atoms with Crippen molar-refractivity contribution in [1.29, 1.82) is 0 Å². The van der Waals surface area contributed by atoms with Crippen LogP contribution in [0.2, 0.25) is 0 Å². The van der Waals surface area contributed by atoms with Gasteiger partial charge in [-0.05, 0) is 48.9 Å². The number of guanidine groups is 1. The minimum atomic E-state index is -0.701. The van der Waals surface area contributed by atoms with Crippen LogP contribution in [0.25, 0.3) is 22.0 Å². The van der Waals surface area contributed by atoms with Gasteiger partial charge < -0.3 is 11.5 Å². The molecule has 2 aromatic carbocycles. The lowest BCUT2D eigenvalue weighted by atomic mass is 9.98. The average molecular weight is 340 g/mol. The quantitative estimate of drug-likeness (QED) is 0.554. The molecule has 0 saturated heterocycles. The number of hydrogen-bond donors (Lipinski definition) is 2. The molecular formula is C18H14F2N4O. The molecule has 0 aliphatic carbocycles. The lowest BCUT2D eigenvalue weighted by Gasteiger charge is -2.10. The molecule has 4 N–H and O–H groups in total. The third-order valence-electron chi connectivity index (χ3n) is 3.64. The molecule has 0 fully saturated rings. The molecule has 1 aromatic heterocycles. The highest BCUT2D eigenvalue weighted by molar-refractivity contribution is 6.05. The van der Waals surface area contributed by atoms with E-state index in [0.29, 0.717) is 22.2 Å². The van der Waals surface area contributed by atoms with Crippen molar-refractivity contribution in [1.82, 2.24) is 4.98 Å². The highest BCUT2D eigenvalue weighted by Crippen LogP contribution is 2.31. The van der Waals surface area contributed by atoms with Crippen molar-refractivity contribution >= 4 is 22.8 Å². The van der Waals surface area contributed by atoms with Crippen LogP contribution in [0.4, 0.5) is 8.78 Å². The minimum absolute atomic E-state index is 0.211. The first-order chi connectivity index (χ1) is 11.8. The van der Waals surface area contributed by atoms with Gasteiger partial charge in [-0.2, -0.15) is 4.99 Å². The molecule has 3 rings (SSSR count). The summed E-state index contributed by atoms with van der Waals surface area (Å²) in [6, 6.07) is 9.71. The van der Waals surface area contributed by atoms with Crippen molar-refractivity contribution in [3.63, 3.8) is 0 Å². The molecule has 25 heavy (non-hydrogen) atoms. The van der Waals surface area contributed by atoms with E-state index in [-0.39, 0.29) is 17.1 Å². The number of nitrogens with zero attached hydrogens (tertiary/aromatic N) is 2. The summed E-state index contributed by atoms with van der Waals surface area (Å²) in [6.45, 7) is 1.77. The molecule has 1 heterocycles. The van der Waals surface area contributed by atoms with E-state index in [4.69, 9.17) is 11.5 Å². The number of nitrogens with two attached hydrogens (primary N) is 2. The summed E-state index contributed by atoms with van der Waals surface area (Å²) >= 11 is 0. The van der Waals surface area contributed by atoms with Gasteiger partial charge in [0.2, 0.25) is 0 Å². The van der Waals surface area contributed by atoms with Crippen molar-refractivity contribution in [2.45, 2.75) is 6.92 Å². The third kappa shape index (κ3) is 3.30. The average Bonchev–Trinajstić information content (AvgIpc) is 2.53. The van der Waals surface area contributed by atoms with E-state index in [1.165, 1.54) is 24.3 Å². The summed E-state index contributed by atoms with van der Waals surface area (Å²) in [5, 5.41) is 0.535. The second kappa shape index (κ2) is 6.27. The molecule has 0 atom stereocenters. The van der Waals surface area contributed by atoms with Gasteiger partial charge in [-0.3, -0.25) is 9.78 Å². The Bertz CT molecular complexity index is 1030. The van der Waals surface area contributed by atoms with Crippen LogP contribution in [-0.2, 0) is 0 Å². The summed E-state index contributed by atoms with van der Waals surface area (Å²) in [6.07, 6.45) is 0. The Kier molecular flexibility index (Phi) is 4.14. The molecular weight excluding hydrogens is 326 g/mol. The van der Waals surface area contributed by atoms with Crippen molar-refractivity contribution in [3.05, 3.63) is 65.4 Å². The number of carbonyl (C=O) groups excluding carboxylic acids is 1. The van der Waals surface area contributed by atoms with Gasteiger partial charge in [-0.1, -0.05) is 0 Å². The van der Waals surface area contributed by atoms with Crippen molar-refractivity contribution in [3.8, 4) is 11.1 Å². The lowest BCUT2D eigenvalue weighted by molar-refractivity contribution is 0.100. The first-order valence-electron chi connectivity index (χ1n) is 7.36. The maximum atomic E-state index is 14.2. The Morgan fingerprint density at radius 1 is 1.04 bits per heavy atom. The number of aromatic nitrogens is 1. The van der Waals surface area contributed by atoms with Crippen LogP contribution < -0.4 is 11.5 Å². The first-order valence-corrected chi connectivity index (χ1v) is 7.36. The highest BCUT2D eigenvalue weighted by Gasteiger charge is 2.14. The molecule has 0 bridgehead atoms. The summed E-state index contributed by atoms with van der Waals surface area (Å²) in [5.41, 5.74) is 12.6. The Morgan fingerprint density at radius 2 is 1.80 bits per heavy atom. The third-order valence-corrected chi connectivity index (χ3v) is 3.64. The summed E-state index contributed by atoms with van der Waals surface area (Å²) in [7, 11) is 0. The molecule has 3 aromatic rings. The van der Waals surface area contributed by atoms with E-state index in [1.807, 2.05) is 0 Å². The Labute approximate surface area is 142 Å². The number of aryl methyl sites for hydroxylation is 1. The molecule has 0 unspecified atom stereocenters. The number of rotatable bonds is 2. The maximum absolute atomic E-state index is 14.2. The standard InChI is InChI=1S/C18H14F2N4O/c1-9-6-13(12-4-3-11(19)8-15(12)20)14-7-10(2-5-16(14)23-9)17(25)24-18(21)22/h2-8H,1H3,(H4,21,22,24,25). The smallest absolute Gasteiger partial charge is 0.280 e. The minimum Gasteiger partial charge on any atom is -0.370 e. The number of fused-ring (bicyclic) bond motifs is 1. The maximum Gasteiger partial charge on any atom is 0.280 e. The molecule has 0 spiro atoms. The molecule has 5 nitrogen and oxygen atoms in total. The van der Waals surface area contributed by atoms with E-state index in [1.54, 1.807) is 19.1 Å². The van der Waals surface area contributed by atoms with Gasteiger partial charge in [0.05, 0.1) is 5.52 Å². The van der Waals surface area contributed by atoms with Crippen LogP contribution in [0.5, 0.6) is 0 Å². The fourth-order valence-corrected chi connectivity index (χ4v) is 2.60. The second-order valence-corrected chi connectivity index (χ2v) is 5.51. The van der Waals surface area contributed by atoms with Crippen molar-refractivity contribution in [2.75, 3.05) is 0 Å². The molecule has 0 aliphatic heterocycles. The van der Waals surface area contributed by atoms with Crippen molar-refractivity contribution in [2.24, 2.45) is 16.5 Å². The zero-order valence-corrected chi connectivity index (χ0v) is 13.3. The summed E-state index contributed by atoms with van der Waals surface area (Å²) in [4.78, 5) is 19.9. The van der Waals surface area contributed by atoms with Gasteiger partial charge >= 0.3 is 0 Å². The number of benzene rings is 2. The van der Waals surface area contributed by atoms with Crippen LogP contribution >= 0.6 is 0 Å². The van der Waals surface area contributed by atoms with Crippen LogP contribution in [0.1, 0.15) is 16.1 Å². The first kappa shape index (κ1) is 16.5. The largest absolute Gasteiger partial charge is 0.370 e. The van der Waals surface area contributed by atoms with E-state index in [0.717, 1.165) is 6.07 Å². The Morgan fingerprint density at radius 3 is 2.48 bits per heavy atom. The molecule has 0 saturated carbocycles. The van der Waals surface area contributed by atoms with E-state index >= 15 is 0 Å². The van der Waals surface area contributed by atoms with Crippen LogP contribution in [0, 0.1) is 18.6 Å². The van der Waals surface area contributed by atoms with Gasteiger partial charge in [0, 0.05) is 28.3 Å². The predicted molar refractivity (Wildman–Crippen MR) is 92.0 cm³/mol. The summed E-state index contributed by atoms with van der Waals surface area (Å²) < 4.78 is 27.5. The number of aliphatic imine (C=N–C) groups is 1. The number of amides is 1. The van der Waals surface area contributed by atoms with Gasteiger partial charge in [0.25, 0.3) is 5.91 Å². The molecule has 0 radical (unpaired) electrons. The van der Waals surface area contributed by atoms with Gasteiger partial charge in [-0.15, -0.1) is 0 Å². The highest BCUT2D eigenvalue weighted by atomic mass is 19.1. The lowest BCUT2D eigenvalue weighted by Crippen LogP contribution is -2.24. The molecule has 0 aliphatic rings. The molecule has 1 amide bonds. The topological polar surface area (TPSA) is 94.4 Å². The number of hydrogen-bond acceptors (Lipinski definition) is 2. The van der Waals surface area contributed by atoms with Gasteiger partial charge in [0.15, 0.2) is 5.96 Å². The number of halogens is 2. The normalized spacial score (nSPS) is 10.7. The Balaban J connectivity index is 2.27. The molecule has 7 heteroatoms.